The first-order valence-electron chi connectivity index (χ1n) is 6.25. The number of aromatic nitrogens is 2. The van der Waals surface area contributed by atoms with E-state index in [-0.39, 0.29) is 11.9 Å². The molecule has 4 nitrogen and oxygen atoms in total. The lowest BCUT2D eigenvalue weighted by atomic mass is 10.2. The Morgan fingerprint density at radius 3 is 3.21 bits per heavy atom. The molecule has 6 heteroatoms. The molecule has 1 atom stereocenters. The molecule has 0 unspecified atom stereocenters. The summed E-state index contributed by atoms with van der Waals surface area (Å²) < 4.78 is 18.3. The lowest BCUT2D eigenvalue weighted by Crippen LogP contribution is -2.13. The van der Waals surface area contributed by atoms with E-state index in [1.807, 2.05) is 6.07 Å². The van der Waals surface area contributed by atoms with E-state index < -0.39 is 0 Å². The normalized spacial score (nSPS) is 18.9. The maximum atomic E-state index is 13.0. The molecule has 0 spiro atoms. The lowest BCUT2D eigenvalue weighted by molar-refractivity contribution is 0.342. The summed E-state index contributed by atoms with van der Waals surface area (Å²) in [5, 5.41) is 7.27. The topological polar surface area (TPSA) is 51.0 Å². The Hall–Kier alpha value is -1.40. The minimum absolute atomic E-state index is 0.195. The van der Waals surface area contributed by atoms with E-state index >= 15 is 0 Å². The first kappa shape index (κ1) is 12.6. The van der Waals surface area contributed by atoms with Crippen LogP contribution in [0.15, 0.2) is 33.7 Å². The zero-order chi connectivity index (χ0) is 13.1. The van der Waals surface area contributed by atoms with Gasteiger partial charge in [-0.2, -0.15) is 4.98 Å². The van der Waals surface area contributed by atoms with Crippen LogP contribution >= 0.6 is 11.8 Å². The van der Waals surface area contributed by atoms with E-state index in [0.29, 0.717) is 17.5 Å². The highest BCUT2D eigenvalue weighted by atomic mass is 32.2. The van der Waals surface area contributed by atoms with Gasteiger partial charge in [-0.15, -0.1) is 11.8 Å². The first-order valence-corrected chi connectivity index (χ1v) is 7.24. The third-order valence-electron chi connectivity index (χ3n) is 3.01. The summed E-state index contributed by atoms with van der Waals surface area (Å²) >= 11 is 1.50. The van der Waals surface area contributed by atoms with Crippen LogP contribution in [0.1, 0.15) is 30.6 Å². The van der Waals surface area contributed by atoms with Crippen molar-refractivity contribution in [3.63, 3.8) is 0 Å². The van der Waals surface area contributed by atoms with Gasteiger partial charge in [0.05, 0.1) is 11.8 Å². The Morgan fingerprint density at radius 2 is 2.42 bits per heavy atom. The lowest BCUT2D eigenvalue weighted by Gasteiger charge is -2.01. The maximum Gasteiger partial charge on any atom is 0.243 e. The van der Waals surface area contributed by atoms with Gasteiger partial charge in [-0.25, -0.2) is 4.39 Å². The van der Waals surface area contributed by atoms with Gasteiger partial charge in [0.1, 0.15) is 5.82 Å². The number of thioether (sulfide) groups is 1. The zero-order valence-electron chi connectivity index (χ0n) is 10.3. The molecule has 1 fully saturated rings. The van der Waals surface area contributed by atoms with E-state index in [9.17, 15) is 4.39 Å². The van der Waals surface area contributed by atoms with Crippen LogP contribution in [0.4, 0.5) is 4.39 Å². The van der Waals surface area contributed by atoms with Crippen molar-refractivity contribution in [2.75, 3.05) is 6.54 Å². The second kappa shape index (κ2) is 5.71. The van der Waals surface area contributed by atoms with E-state index in [2.05, 4.69) is 15.5 Å². The van der Waals surface area contributed by atoms with Crippen LogP contribution in [-0.2, 0) is 5.75 Å². The average Bonchev–Trinajstić information content (AvgIpc) is 3.07. The van der Waals surface area contributed by atoms with E-state index in [1.54, 1.807) is 6.07 Å². The Bertz CT molecular complexity index is 554. The van der Waals surface area contributed by atoms with Gasteiger partial charge in [0, 0.05) is 4.90 Å². The Morgan fingerprint density at radius 1 is 1.47 bits per heavy atom. The molecule has 1 aromatic heterocycles. The predicted octanol–water partition coefficient (Wildman–Crippen LogP) is 2.93. The van der Waals surface area contributed by atoms with Gasteiger partial charge in [-0.1, -0.05) is 11.2 Å². The molecule has 1 aliphatic heterocycles. The third kappa shape index (κ3) is 3.13. The van der Waals surface area contributed by atoms with Gasteiger partial charge < -0.3 is 9.84 Å². The number of benzene rings is 1. The Balaban J connectivity index is 1.61. The molecule has 1 aliphatic rings. The number of nitrogens with one attached hydrogen (secondary N) is 1. The van der Waals surface area contributed by atoms with Crippen molar-refractivity contribution in [2.24, 2.45) is 0 Å². The summed E-state index contributed by atoms with van der Waals surface area (Å²) in [6.45, 7) is 1.00. The van der Waals surface area contributed by atoms with Gasteiger partial charge in [-0.05, 0) is 37.6 Å². The summed E-state index contributed by atoms with van der Waals surface area (Å²) in [5.74, 6) is 1.67. The molecular formula is C13H14FN3OS. The fourth-order valence-electron chi connectivity index (χ4n) is 2.07. The van der Waals surface area contributed by atoms with E-state index in [1.165, 1.54) is 23.9 Å². The molecule has 1 aromatic carbocycles. The molecule has 0 aliphatic carbocycles. The van der Waals surface area contributed by atoms with Crippen LogP contribution < -0.4 is 5.32 Å². The fraction of sp³-hybridized carbons (Fsp3) is 0.385. The molecule has 0 amide bonds. The molecule has 2 heterocycles. The van der Waals surface area contributed by atoms with Crippen LogP contribution in [0.2, 0.25) is 0 Å². The smallest absolute Gasteiger partial charge is 0.243 e. The highest BCUT2D eigenvalue weighted by Crippen LogP contribution is 2.25. The average molecular weight is 279 g/mol. The summed E-state index contributed by atoms with van der Waals surface area (Å²) in [6.07, 6.45) is 2.18. The molecule has 3 rings (SSSR count). The minimum atomic E-state index is -0.228. The van der Waals surface area contributed by atoms with Crippen molar-refractivity contribution in [1.82, 2.24) is 15.5 Å². The standard InChI is InChI=1S/C13H14FN3OS/c14-9-3-1-4-10(7-9)19-8-12-16-13(18-17-12)11-5-2-6-15-11/h1,3-4,7,11,15H,2,5-6,8H2/t11-/m1/s1. The number of halogens is 1. The monoisotopic (exact) mass is 279 g/mol. The Kier molecular flexibility index (Phi) is 3.79. The number of hydrogen-bond donors (Lipinski definition) is 1. The van der Waals surface area contributed by atoms with Crippen LogP contribution in [-0.4, -0.2) is 16.7 Å². The summed E-state index contributed by atoms with van der Waals surface area (Å²) in [5.41, 5.74) is 0. The van der Waals surface area contributed by atoms with Crippen molar-refractivity contribution < 1.29 is 8.91 Å². The van der Waals surface area contributed by atoms with Crippen molar-refractivity contribution in [2.45, 2.75) is 29.5 Å². The maximum absolute atomic E-state index is 13.0. The van der Waals surface area contributed by atoms with E-state index in [0.717, 1.165) is 24.3 Å². The number of nitrogens with zero attached hydrogens (tertiary/aromatic N) is 2. The fourth-order valence-corrected chi connectivity index (χ4v) is 2.85. The SMILES string of the molecule is Fc1cccc(SCc2noc([C@H]3CCCN3)n2)c1. The highest BCUT2D eigenvalue weighted by molar-refractivity contribution is 7.98. The van der Waals surface area contributed by atoms with Crippen LogP contribution in [0.25, 0.3) is 0 Å². The minimum Gasteiger partial charge on any atom is -0.338 e. The molecule has 100 valence electrons. The van der Waals surface area contributed by atoms with Crippen molar-refractivity contribution in [1.29, 1.82) is 0 Å². The number of rotatable bonds is 4. The molecular weight excluding hydrogens is 265 g/mol. The number of hydrogen-bond acceptors (Lipinski definition) is 5. The molecule has 0 saturated carbocycles. The summed E-state index contributed by atoms with van der Waals surface area (Å²) in [6, 6.07) is 6.70. The highest BCUT2D eigenvalue weighted by Gasteiger charge is 2.22. The van der Waals surface area contributed by atoms with Crippen LogP contribution in [0.3, 0.4) is 0 Å². The van der Waals surface area contributed by atoms with Gasteiger partial charge in [0.25, 0.3) is 0 Å². The third-order valence-corrected chi connectivity index (χ3v) is 4.00. The van der Waals surface area contributed by atoms with Crippen LogP contribution in [0, 0.1) is 5.82 Å². The first-order chi connectivity index (χ1) is 9.31. The summed E-state index contributed by atoms with van der Waals surface area (Å²) in [4.78, 5) is 5.24. The zero-order valence-corrected chi connectivity index (χ0v) is 11.1. The quantitative estimate of drug-likeness (QED) is 0.872. The Labute approximate surface area is 114 Å². The van der Waals surface area contributed by atoms with Gasteiger partial charge >= 0.3 is 0 Å². The largest absolute Gasteiger partial charge is 0.338 e. The van der Waals surface area contributed by atoms with E-state index in [4.69, 9.17) is 4.52 Å². The van der Waals surface area contributed by atoms with Gasteiger partial charge in [-0.3, -0.25) is 0 Å². The van der Waals surface area contributed by atoms with Crippen molar-refractivity contribution in [3.05, 3.63) is 41.8 Å². The summed E-state index contributed by atoms with van der Waals surface area (Å²) in [7, 11) is 0. The second-order valence-electron chi connectivity index (χ2n) is 4.44. The van der Waals surface area contributed by atoms with Crippen LogP contribution in [0.5, 0.6) is 0 Å². The second-order valence-corrected chi connectivity index (χ2v) is 5.49. The molecule has 1 N–H and O–H groups in total. The molecule has 1 saturated heterocycles. The molecule has 2 aromatic rings. The molecule has 0 radical (unpaired) electrons. The van der Waals surface area contributed by atoms with Crippen molar-refractivity contribution in [3.8, 4) is 0 Å². The van der Waals surface area contributed by atoms with Crippen molar-refractivity contribution >= 4 is 11.8 Å². The molecule has 19 heavy (non-hydrogen) atoms. The van der Waals surface area contributed by atoms with Gasteiger partial charge in [0.2, 0.25) is 5.89 Å². The molecule has 0 bridgehead atoms. The van der Waals surface area contributed by atoms with Gasteiger partial charge in [0.15, 0.2) is 5.82 Å². The predicted molar refractivity (Wildman–Crippen MR) is 70.2 cm³/mol.